The van der Waals surface area contributed by atoms with Gasteiger partial charge in [-0.15, -0.1) is 0 Å². The van der Waals surface area contributed by atoms with E-state index in [-0.39, 0.29) is 18.3 Å². The molecule has 0 radical (unpaired) electrons. The van der Waals surface area contributed by atoms with Gasteiger partial charge in [-0.05, 0) is 25.1 Å². The van der Waals surface area contributed by atoms with Crippen LogP contribution in [0.25, 0.3) is 0 Å². The second kappa shape index (κ2) is 7.08. The second-order valence-electron chi connectivity index (χ2n) is 3.77. The van der Waals surface area contributed by atoms with Crippen LogP contribution in [0.15, 0.2) is 22.7 Å². The van der Waals surface area contributed by atoms with Crippen molar-refractivity contribution in [2.75, 3.05) is 13.7 Å². The summed E-state index contributed by atoms with van der Waals surface area (Å²) >= 11 is 3.11. The molecule has 0 spiro atoms. The second-order valence-corrected chi connectivity index (χ2v) is 4.68. The zero-order valence-electron chi connectivity index (χ0n) is 10.5. The Morgan fingerprint density at radius 2 is 2.16 bits per heavy atom. The third kappa shape index (κ3) is 4.86. The molecule has 0 aliphatic heterocycles. The van der Waals surface area contributed by atoms with Gasteiger partial charge in [0, 0.05) is 11.5 Å². The molecule has 0 saturated carbocycles. The SMILES string of the molecule is CNC(=O)C(C)NC(=O)COc1ccc(Br)cc1F. The zero-order chi connectivity index (χ0) is 14.4. The van der Waals surface area contributed by atoms with E-state index in [2.05, 4.69) is 26.6 Å². The number of amides is 2. The number of carbonyl (C=O) groups is 2. The Hall–Kier alpha value is -1.63. The number of benzene rings is 1. The van der Waals surface area contributed by atoms with Crippen molar-refractivity contribution in [2.45, 2.75) is 13.0 Å². The molecule has 1 rings (SSSR count). The largest absolute Gasteiger partial charge is 0.481 e. The van der Waals surface area contributed by atoms with Crippen LogP contribution < -0.4 is 15.4 Å². The average molecular weight is 333 g/mol. The molecule has 0 aliphatic rings. The number of likely N-dealkylation sites (N-methyl/N-ethyl adjacent to an activating group) is 1. The van der Waals surface area contributed by atoms with Gasteiger partial charge in [-0.1, -0.05) is 15.9 Å². The smallest absolute Gasteiger partial charge is 0.258 e. The Kier molecular flexibility index (Phi) is 5.75. The summed E-state index contributed by atoms with van der Waals surface area (Å²) in [4.78, 5) is 22.7. The number of nitrogens with one attached hydrogen (secondary N) is 2. The maximum Gasteiger partial charge on any atom is 0.258 e. The molecule has 2 amide bonds. The van der Waals surface area contributed by atoms with E-state index in [1.54, 1.807) is 6.07 Å². The summed E-state index contributed by atoms with van der Waals surface area (Å²) in [7, 11) is 1.47. The normalized spacial score (nSPS) is 11.6. The molecule has 0 fully saturated rings. The maximum absolute atomic E-state index is 13.4. The van der Waals surface area contributed by atoms with Crippen LogP contribution in [0.5, 0.6) is 5.75 Å². The van der Waals surface area contributed by atoms with Gasteiger partial charge < -0.3 is 15.4 Å². The molecular formula is C12H14BrFN2O3. The van der Waals surface area contributed by atoms with Crippen LogP contribution in [-0.4, -0.2) is 31.5 Å². The molecule has 0 aliphatic carbocycles. The lowest BCUT2D eigenvalue weighted by Crippen LogP contribution is -2.45. The fourth-order valence-corrected chi connectivity index (χ4v) is 1.63. The highest BCUT2D eigenvalue weighted by Crippen LogP contribution is 2.21. The molecule has 1 aromatic rings. The summed E-state index contributed by atoms with van der Waals surface area (Å²) in [5, 5.41) is 4.82. The van der Waals surface area contributed by atoms with Crippen molar-refractivity contribution in [1.82, 2.24) is 10.6 Å². The minimum Gasteiger partial charge on any atom is -0.481 e. The highest BCUT2D eigenvalue weighted by atomic mass is 79.9. The summed E-state index contributed by atoms with van der Waals surface area (Å²) in [6.07, 6.45) is 0. The fraction of sp³-hybridized carbons (Fsp3) is 0.333. The van der Waals surface area contributed by atoms with E-state index in [9.17, 15) is 14.0 Å². The first-order valence-corrected chi connectivity index (χ1v) is 6.32. The minimum atomic E-state index is -0.670. The van der Waals surface area contributed by atoms with E-state index in [0.29, 0.717) is 4.47 Å². The summed E-state index contributed by atoms with van der Waals surface area (Å²) in [5.41, 5.74) is 0. The van der Waals surface area contributed by atoms with Gasteiger partial charge in [0.05, 0.1) is 0 Å². The molecule has 1 unspecified atom stereocenters. The summed E-state index contributed by atoms with van der Waals surface area (Å²) in [6, 6.07) is 3.58. The lowest BCUT2D eigenvalue weighted by molar-refractivity contribution is -0.129. The first kappa shape index (κ1) is 15.4. The topological polar surface area (TPSA) is 67.4 Å². The molecular weight excluding hydrogens is 319 g/mol. The molecule has 0 heterocycles. The molecule has 19 heavy (non-hydrogen) atoms. The number of halogens is 2. The minimum absolute atomic E-state index is 0.0223. The van der Waals surface area contributed by atoms with Crippen molar-refractivity contribution in [3.05, 3.63) is 28.5 Å². The number of carbonyl (C=O) groups excluding carboxylic acids is 2. The van der Waals surface area contributed by atoms with E-state index < -0.39 is 17.8 Å². The molecule has 1 atom stereocenters. The third-order valence-electron chi connectivity index (χ3n) is 2.27. The molecule has 0 aromatic heterocycles. The van der Waals surface area contributed by atoms with E-state index in [4.69, 9.17) is 4.74 Å². The standard InChI is InChI=1S/C12H14BrFN2O3/c1-7(12(18)15-2)16-11(17)6-19-10-4-3-8(13)5-9(10)14/h3-5,7H,6H2,1-2H3,(H,15,18)(H,16,17). The summed E-state index contributed by atoms with van der Waals surface area (Å²) in [6.45, 7) is 1.18. The van der Waals surface area contributed by atoms with Gasteiger partial charge in [-0.3, -0.25) is 9.59 Å². The quantitative estimate of drug-likeness (QED) is 0.851. The maximum atomic E-state index is 13.4. The van der Waals surface area contributed by atoms with E-state index in [1.807, 2.05) is 0 Å². The Labute approximate surface area is 118 Å². The van der Waals surface area contributed by atoms with E-state index >= 15 is 0 Å². The highest BCUT2D eigenvalue weighted by Gasteiger charge is 2.14. The lowest BCUT2D eigenvalue weighted by atomic mass is 10.3. The van der Waals surface area contributed by atoms with Crippen LogP contribution in [0.4, 0.5) is 4.39 Å². The summed E-state index contributed by atoms with van der Waals surface area (Å²) < 4.78 is 19.0. The molecule has 2 N–H and O–H groups in total. The predicted molar refractivity (Wildman–Crippen MR) is 71.3 cm³/mol. The molecule has 0 bridgehead atoms. The average Bonchev–Trinajstić information content (AvgIpc) is 2.36. The van der Waals surface area contributed by atoms with E-state index in [1.165, 1.54) is 26.1 Å². The first-order chi connectivity index (χ1) is 8.93. The first-order valence-electron chi connectivity index (χ1n) is 5.53. The van der Waals surface area contributed by atoms with Gasteiger partial charge in [0.25, 0.3) is 5.91 Å². The van der Waals surface area contributed by atoms with Crippen LogP contribution in [0.3, 0.4) is 0 Å². The number of ether oxygens (including phenoxy) is 1. The summed E-state index contributed by atoms with van der Waals surface area (Å²) in [5.74, 6) is -1.41. The lowest BCUT2D eigenvalue weighted by Gasteiger charge is -2.13. The van der Waals surface area contributed by atoms with Crippen molar-refractivity contribution in [3.63, 3.8) is 0 Å². The van der Waals surface area contributed by atoms with Gasteiger partial charge in [-0.2, -0.15) is 0 Å². The molecule has 7 heteroatoms. The Morgan fingerprint density at radius 3 is 2.74 bits per heavy atom. The van der Waals surface area contributed by atoms with Crippen molar-refractivity contribution in [1.29, 1.82) is 0 Å². The molecule has 5 nitrogen and oxygen atoms in total. The molecule has 0 saturated heterocycles. The van der Waals surface area contributed by atoms with Crippen LogP contribution in [0, 0.1) is 5.82 Å². The van der Waals surface area contributed by atoms with Gasteiger partial charge in [0.15, 0.2) is 18.2 Å². The van der Waals surface area contributed by atoms with E-state index in [0.717, 1.165) is 0 Å². The van der Waals surface area contributed by atoms with Crippen LogP contribution in [0.1, 0.15) is 6.92 Å². The number of hydrogen-bond donors (Lipinski definition) is 2. The molecule has 1 aromatic carbocycles. The van der Waals surface area contributed by atoms with Crippen molar-refractivity contribution < 1.29 is 18.7 Å². The van der Waals surface area contributed by atoms with Crippen LogP contribution in [0.2, 0.25) is 0 Å². The number of hydrogen-bond acceptors (Lipinski definition) is 3. The zero-order valence-corrected chi connectivity index (χ0v) is 12.1. The monoisotopic (exact) mass is 332 g/mol. The van der Waals surface area contributed by atoms with Crippen molar-refractivity contribution in [3.8, 4) is 5.75 Å². The van der Waals surface area contributed by atoms with Gasteiger partial charge in [-0.25, -0.2) is 4.39 Å². The van der Waals surface area contributed by atoms with Crippen LogP contribution in [-0.2, 0) is 9.59 Å². The van der Waals surface area contributed by atoms with Crippen LogP contribution >= 0.6 is 15.9 Å². The van der Waals surface area contributed by atoms with Crippen molar-refractivity contribution in [2.24, 2.45) is 0 Å². The Balaban J connectivity index is 2.48. The van der Waals surface area contributed by atoms with Crippen molar-refractivity contribution >= 4 is 27.7 Å². The predicted octanol–water partition coefficient (Wildman–Crippen LogP) is 1.22. The highest BCUT2D eigenvalue weighted by molar-refractivity contribution is 9.10. The Bertz CT molecular complexity index is 482. The molecule has 104 valence electrons. The number of rotatable bonds is 5. The van der Waals surface area contributed by atoms with Gasteiger partial charge >= 0.3 is 0 Å². The third-order valence-corrected chi connectivity index (χ3v) is 2.76. The fourth-order valence-electron chi connectivity index (χ4n) is 1.30. The Morgan fingerprint density at radius 1 is 1.47 bits per heavy atom. The van der Waals surface area contributed by atoms with Gasteiger partial charge in [0.2, 0.25) is 5.91 Å². The van der Waals surface area contributed by atoms with Gasteiger partial charge in [0.1, 0.15) is 6.04 Å².